The lowest BCUT2D eigenvalue weighted by molar-refractivity contribution is -0.123. The van der Waals surface area contributed by atoms with Gasteiger partial charge in [-0.25, -0.2) is 0 Å². The lowest BCUT2D eigenvalue weighted by Gasteiger charge is -2.24. The molecule has 24 heavy (non-hydrogen) atoms. The molecule has 0 aromatic heterocycles. The number of halogens is 1. The fraction of sp³-hybridized carbons (Fsp3) is 0.444. The first-order chi connectivity index (χ1) is 11.3. The quantitative estimate of drug-likeness (QED) is 0.648. The van der Waals surface area contributed by atoms with Gasteiger partial charge in [-0.2, -0.15) is 0 Å². The van der Waals surface area contributed by atoms with Crippen LogP contribution in [0.1, 0.15) is 39.7 Å². The second kappa shape index (κ2) is 7.71. The molecule has 0 radical (unpaired) electrons. The molecule has 1 aromatic carbocycles. The van der Waals surface area contributed by atoms with Crippen molar-refractivity contribution in [2.75, 3.05) is 5.32 Å². The predicted molar refractivity (Wildman–Crippen MR) is 96.3 cm³/mol. The number of benzene rings is 1. The molecule has 0 saturated carbocycles. The third-order valence-electron chi connectivity index (χ3n) is 3.46. The highest BCUT2D eigenvalue weighted by molar-refractivity contribution is 6.33. The van der Waals surface area contributed by atoms with Crippen LogP contribution in [0.5, 0.6) is 0 Å². The average Bonchev–Trinajstić information content (AvgIpc) is 2.49. The number of carbonyl (C=O) groups is 1. The number of oxime groups is 1. The molecule has 0 bridgehead atoms. The molecule has 0 spiro atoms. The first-order valence-electron chi connectivity index (χ1n) is 7.89. The second-order valence-electron chi connectivity index (χ2n) is 6.72. The Labute approximate surface area is 147 Å². The standard InChI is InChI=1S/C18H23ClN2O3/c1-12-15(6-5-9-23-12)17(22)21-14-7-8-16(19)13(10-14)11-20-24-18(2,3)4/h5,7-12,15H,6H2,1-4H3,(H,21,22)/b20-11+. The molecule has 0 fully saturated rings. The maximum absolute atomic E-state index is 12.4. The first-order valence-corrected chi connectivity index (χ1v) is 8.26. The molecule has 1 aliphatic heterocycles. The van der Waals surface area contributed by atoms with Crippen molar-refractivity contribution >= 4 is 29.4 Å². The van der Waals surface area contributed by atoms with Gasteiger partial charge in [0.1, 0.15) is 11.7 Å². The van der Waals surface area contributed by atoms with Gasteiger partial charge < -0.3 is 14.9 Å². The van der Waals surface area contributed by atoms with Crippen LogP contribution in [0.4, 0.5) is 5.69 Å². The summed E-state index contributed by atoms with van der Waals surface area (Å²) in [4.78, 5) is 17.7. The minimum Gasteiger partial charge on any atom is -0.498 e. The predicted octanol–water partition coefficient (Wildman–Crippen LogP) is 4.37. The molecule has 2 rings (SSSR count). The van der Waals surface area contributed by atoms with E-state index in [0.29, 0.717) is 22.7 Å². The molecule has 2 atom stereocenters. The van der Waals surface area contributed by atoms with Crippen molar-refractivity contribution in [2.24, 2.45) is 11.1 Å². The van der Waals surface area contributed by atoms with Crippen LogP contribution in [0.2, 0.25) is 5.02 Å². The van der Waals surface area contributed by atoms with Crippen molar-refractivity contribution in [3.63, 3.8) is 0 Å². The summed E-state index contributed by atoms with van der Waals surface area (Å²) >= 11 is 6.17. The Bertz CT molecular complexity index is 650. The van der Waals surface area contributed by atoms with Crippen LogP contribution in [-0.2, 0) is 14.4 Å². The zero-order chi connectivity index (χ0) is 17.7. The topological polar surface area (TPSA) is 59.9 Å². The number of allylic oxidation sites excluding steroid dienone is 1. The van der Waals surface area contributed by atoms with E-state index >= 15 is 0 Å². The van der Waals surface area contributed by atoms with Gasteiger partial charge in [-0.15, -0.1) is 0 Å². The van der Waals surface area contributed by atoms with E-state index in [2.05, 4.69) is 10.5 Å². The fourth-order valence-corrected chi connectivity index (χ4v) is 2.35. The highest BCUT2D eigenvalue weighted by Gasteiger charge is 2.27. The number of ether oxygens (including phenoxy) is 1. The van der Waals surface area contributed by atoms with Gasteiger partial charge in [0.05, 0.1) is 18.4 Å². The number of anilines is 1. The molecule has 1 heterocycles. The normalized spacial score (nSPS) is 20.7. The van der Waals surface area contributed by atoms with Crippen LogP contribution < -0.4 is 5.32 Å². The molecule has 6 heteroatoms. The maximum Gasteiger partial charge on any atom is 0.231 e. The van der Waals surface area contributed by atoms with Gasteiger partial charge in [-0.3, -0.25) is 4.79 Å². The van der Waals surface area contributed by atoms with Gasteiger partial charge >= 0.3 is 0 Å². The zero-order valence-corrected chi connectivity index (χ0v) is 15.1. The van der Waals surface area contributed by atoms with Gasteiger partial charge in [0, 0.05) is 16.3 Å². The fourth-order valence-electron chi connectivity index (χ4n) is 2.18. The maximum atomic E-state index is 12.4. The Morgan fingerprint density at radius 3 is 2.88 bits per heavy atom. The minimum atomic E-state index is -0.376. The highest BCUT2D eigenvalue weighted by atomic mass is 35.5. The van der Waals surface area contributed by atoms with Crippen molar-refractivity contribution < 1.29 is 14.4 Å². The van der Waals surface area contributed by atoms with Gasteiger partial charge in [0.2, 0.25) is 5.91 Å². The second-order valence-corrected chi connectivity index (χ2v) is 7.13. The summed E-state index contributed by atoms with van der Waals surface area (Å²) in [7, 11) is 0. The molecule has 1 aromatic rings. The molecule has 1 aliphatic rings. The van der Waals surface area contributed by atoms with E-state index in [1.165, 1.54) is 0 Å². The van der Waals surface area contributed by atoms with Crippen molar-refractivity contribution in [2.45, 2.75) is 45.8 Å². The summed E-state index contributed by atoms with van der Waals surface area (Å²) in [5, 5.41) is 7.38. The number of nitrogens with one attached hydrogen (secondary N) is 1. The van der Waals surface area contributed by atoms with Crippen molar-refractivity contribution in [1.82, 2.24) is 0 Å². The van der Waals surface area contributed by atoms with Gasteiger partial charge in [0.25, 0.3) is 0 Å². The molecular formula is C18H23ClN2O3. The van der Waals surface area contributed by atoms with E-state index < -0.39 is 0 Å². The van der Waals surface area contributed by atoms with E-state index in [1.54, 1.807) is 30.7 Å². The molecule has 2 unspecified atom stereocenters. The summed E-state index contributed by atoms with van der Waals surface area (Å²) in [5.41, 5.74) is 0.953. The SMILES string of the molecule is CC1OC=CCC1C(=O)Nc1ccc(Cl)c(/C=N/OC(C)(C)C)c1. The number of rotatable bonds is 4. The van der Waals surface area contributed by atoms with Crippen LogP contribution in [0.15, 0.2) is 35.7 Å². The van der Waals surface area contributed by atoms with Gasteiger partial charge in [-0.05, 0) is 58.4 Å². The van der Waals surface area contributed by atoms with Crippen LogP contribution in [0, 0.1) is 5.92 Å². The van der Waals surface area contributed by atoms with Gasteiger partial charge in [0.15, 0.2) is 0 Å². The molecule has 5 nitrogen and oxygen atoms in total. The first kappa shape index (κ1) is 18.3. The van der Waals surface area contributed by atoms with Gasteiger partial charge in [-0.1, -0.05) is 16.8 Å². The molecule has 1 N–H and O–H groups in total. The van der Waals surface area contributed by atoms with Crippen LogP contribution >= 0.6 is 11.6 Å². The Morgan fingerprint density at radius 2 is 2.21 bits per heavy atom. The highest BCUT2D eigenvalue weighted by Crippen LogP contribution is 2.23. The molecule has 130 valence electrons. The monoisotopic (exact) mass is 350 g/mol. The summed E-state index contributed by atoms with van der Waals surface area (Å²) in [6, 6.07) is 5.24. The van der Waals surface area contributed by atoms with E-state index in [9.17, 15) is 4.79 Å². The molecular weight excluding hydrogens is 328 g/mol. The van der Waals surface area contributed by atoms with Crippen LogP contribution in [-0.4, -0.2) is 23.8 Å². The van der Waals surface area contributed by atoms with Crippen molar-refractivity contribution in [1.29, 1.82) is 0 Å². The van der Waals surface area contributed by atoms with E-state index in [-0.39, 0.29) is 23.5 Å². The van der Waals surface area contributed by atoms with E-state index in [0.717, 1.165) is 0 Å². The average molecular weight is 351 g/mol. The number of amides is 1. The number of carbonyl (C=O) groups excluding carboxylic acids is 1. The lowest BCUT2D eigenvalue weighted by atomic mass is 9.97. The third kappa shape index (κ3) is 5.27. The Morgan fingerprint density at radius 1 is 1.46 bits per heavy atom. The number of hydrogen-bond donors (Lipinski definition) is 1. The molecule has 0 saturated heterocycles. The largest absolute Gasteiger partial charge is 0.498 e. The van der Waals surface area contributed by atoms with Crippen LogP contribution in [0.25, 0.3) is 0 Å². The molecule has 1 amide bonds. The third-order valence-corrected chi connectivity index (χ3v) is 3.81. The Balaban J connectivity index is 2.07. The van der Waals surface area contributed by atoms with Crippen LogP contribution in [0.3, 0.4) is 0 Å². The lowest BCUT2D eigenvalue weighted by Crippen LogP contribution is -2.33. The Hall–Kier alpha value is -2.01. The molecule has 0 aliphatic carbocycles. The van der Waals surface area contributed by atoms with Crippen molar-refractivity contribution in [3.8, 4) is 0 Å². The smallest absolute Gasteiger partial charge is 0.231 e. The number of hydrogen-bond acceptors (Lipinski definition) is 4. The summed E-state index contributed by atoms with van der Waals surface area (Å²) < 4.78 is 5.38. The summed E-state index contributed by atoms with van der Waals surface area (Å²) in [6.45, 7) is 7.61. The van der Waals surface area contributed by atoms with E-state index in [4.69, 9.17) is 21.2 Å². The minimum absolute atomic E-state index is 0.0806. The zero-order valence-electron chi connectivity index (χ0n) is 14.4. The Kier molecular flexibility index (Phi) is 5.89. The summed E-state index contributed by atoms with van der Waals surface area (Å²) in [6.07, 6.45) is 5.55. The van der Waals surface area contributed by atoms with E-state index in [1.807, 2.05) is 33.8 Å². The summed E-state index contributed by atoms with van der Waals surface area (Å²) in [5.74, 6) is -0.296. The number of nitrogens with zero attached hydrogens (tertiary/aromatic N) is 1. The van der Waals surface area contributed by atoms with Crippen molar-refractivity contribution in [3.05, 3.63) is 41.1 Å².